The van der Waals surface area contributed by atoms with Crippen molar-refractivity contribution in [2.75, 3.05) is 6.61 Å². The van der Waals surface area contributed by atoms with Gasteiger partial charge in [-0.05, 0) is 18.2 Å². The van der Waals surface area contributed by atoms with Crippen LogP contribution in [0.2, 0.25) is 0 Å². The fourth-order valence-electron chi connectivity index (χ4n) is 3.32. The number of hydrogen-bond donors (Lipinski definition) is 1. The Labute approximate surface area is 190 Å². The zero-order valence-electron chi connectivity index (χ0n) is 19.2. The van der Waals surface area contributed by atoms with Crippen LogP contribution >= 0.6 is 6.72 Å². The molecule has 0 aliphatic carbocycles. The summed E-state index contributed by atoms with van der Waals surface area (Å²) in [4.78, 5) is 24.8. The molecule has 1 unspecified atom stereocenters. The lowest BCUT2D eigenvalue weighted by atomic mass is 10.0. The first-order valence-electron chi connectivity index (χ1n) is 12.0. The van der Waals surface area contributed by atoms with Gasteiger partial charge in [0, 0.05) is 6.08 Å². The van der Waals surface area contributed by atoms with Crippen molar-refractivity contribution in [1.82, 2.24) is 0 Å². The third kappa shape index (κ3) is 22.4. The molecular formula is C23H45O5PS. The van der Waals surface area contributed by atoms with E-state index in [1.165, 1.54) is 96.3 Å². The molecule has 0 radical (unpaired) electrons. The normalized spacial score (nSPS) is 13.1. The van der Waals surface area contributed by atoms with Gasteiger partial charge in [0.2, 0.25) is 0 Å². The Bertz CT molecular complexity index is 459. The van der Waals surface area contributed by atoms with Crippen molar-refractivity contribution < 1.29 is 23.8 Å². The second-order valence-corrected chi connectivity index (χ2v) is 10.7. The Morgan fingerprint density at radius 3 is 1.53 bits per heavy atom. The molecule has 30 heavy (non-hydrogen) atoms. The summed E-state index contributed by atoms with van der Waals surface area (Å²) >= 11 is 4.74. The van der Waals surface area contributed by atoms with E-state index in [4.69, 9.17) is 16.3 Å². The molecule has 0 aromatic heterocycles. The van der Waals surface area contributed by atoms with E-state index in [1.807, 2.05) is 0 Å². The molecule has 178 valence electrons. The Balaban J connectivity index is 3.23. The highest BCUT2D eigenvalue weighted by Crippen LogP contribution is 2.44. The molecule has 7 heteroatoms. The summed E-state index contributed by atoms with van der Waals surface area (Å²) in [5.74, 6) is -0.810. The lowest BCUT2D eigenvalue weighted by Crippen LogP contribution is -2.02. The van der Waals surface area contributed by atoms with Crippen molar-refractivity contribution in [2.45, 2.75) is 122 Å². The largest absolute Gasteiger partial charge is 0.365 e. The van der Waals surface area contributed by atoms with Crippen LogP contribution in [0.25, 0.3) is 0 Å². The fraction of sp³-hybridized carbons (Fsp3) is 0.870. The maximum absolute atomic E-state index is 10.8. The van der Waals surface area contributed by atoms with Gasteiger partial charge in [-0.2, -0.15) is 0 Å². The summed E-state index contributed by atoms with van der Waals surface area (Å²) in [5.41, 5.74) is 0. The highest BCUT2D eigenvalue weighted by atomic mass is 32.5. The monoisotopic (exact) mass is 464 g/mol. The first kappa shape index (κ1) is 29.7. The van der Waals surface area contributed by atoms with Crippen molar-refractivity contribution in [3.63, 3.8) is 0 Å². The SMILES string of the molecule is C=CC(=O)OOP(O)(=S)OCCCCCCCCCCCCCCCCCCCC. The van der Waals surface area contributed by atoms with E-state index in [1.54, 1.807) is 0 Å². The van der Waals surface area contributed by atoms with E-state index in [0.29, 0.717) is 6.61 Å². The molecule has 0 bridgehead atoms. The van der Waals surface area contributed by atoms with E-state index in [-0.39, 0.29) is 0 Å². The van der Waals surface area contributed by atoms with Gasteiger partial charge in [-0.25, -0.2) is 4.79 Å². The molecule has 0 saturated heterocycles. The van der Waals surface area contributed by atoms with Gasteiger partial charge in [-0.1, -0.05) is 127 Å². The van der Waals surface area contributed by atoms with Crippen LogP contribution in [0.4, 0.5) is 0 Å². The van der Waals surface area contributed by atoms with Crippen molar-refractivity contribution in [2.24, 2.45) is 0 Å². The van der Waals surface area contributed by atoms with Crippen LogP contribution in [-0.2, 0) is 30.7 Å². The van der Waals surface area contributed by atoms with Gasteiger partial charge in [0.25, 0.3) is 0 Å². The van der Waals surface area contributed by atoms with Gasteiger partial charge in [0.15, 0.2) is 0 Å². The minimum atomic E-state index is -3.51. The molecule has 0 aliphatic heterocycles. The summed E-state index contributed by atoms with van der Waals surface area (Å²) < 4.78 is 9.56. The first-order chi connectivity index (χ1) is 14.5. The van der Waals surface area contributed by atoms with E-state index in [2.05, 4.69) is 23.1 Å². The number of hydrogen-bond acceptors (Lipinski definition) is 5. The van der Waals surface area contributed by atoms with Crippen molar-refractivity contribution in [1.29, 1.82) is 0 Å². The summed E-state index contributed by atoms with van der Waals surface area (Å²) in [6.45, 7) is 2.28. The highest BCUT2D eigenvalue weighted by molar-refractivity contribution is 8.07. The van der Waals surface area contributed by atoms with Gasteiger partial charge in [-0.15, -0.1) is 0 Å². The number of carbonyl (C=O) groups is 1. The summed E-state index contributed by atoms with van der Waals surface area (Å²) in [6, 6.07) is 0. The van der Waals surface area contributed by atoms with Gasteiger partial charge < -0.3 is 9.42 Å². The summed E-state index contributed by atoms with van der Waals surface area (Å²) in [6.07, 6.45) is 24.6. The highest BCUT2D eigenvalue weighted by Gasteiger charge is 2.18. The molecule has 0 rings (SSSR count). The lowest BCUT2D eigenvalue weighted by molar-refractivity contribution is -0.212. The van der Waals surface area contributed by atoms with Crippen LogP contribution in [0.5, 0.6) is 0 Å². The number of carbonyl (C=O) groups excluding carboxylic acids is 1. The number of rotatable bonds is 23. The molecule has 0 saturated carbocycles. The molecule has 0 amide bonds. The van der Waals surface area contributed by atoms with E-state index in [0.717, 1.165) is 25.3 Å². The Hall–Kier alpha value is -0.260. The zero-order chi connectivity index (χ0) is 22.3. The Morgan fingerprint density at radius 1 is 0.800 bits per heavy atom. The first-order valence-corrected chi connectivity index (χ1v) is 14.6. The molecule has 0 fully saturated rings. The molecular weight excluding hydrogens is 419 g/mol. The quantitative estimate of drug-likeness (QED) is 0.0544. The van der Waals surface area contributed by atoms with Crippen LogP contribution in [0.15, 0.2) is 12.7 Å². The van der Waals surface area contributed by atoms with E-state index < -0.39 is 12.7 Å². The molecule has 1 N–H and O–H groups in total. The minimum absolute atomic E-state index is 0.304. The van der Waals surface area contributed by atoms with Crippen LogP contribution in [-0.4, -0.2) is 17.5 Å². The van der Waals surface area contributed by atoms with Gasteiger partial charge in [0.1, 0.15) is 0 Å². The summed E-state index contributed by atoms with van der Waals surface area (Å²) in [7, 11) is 0. The predicted octanol–water partition coefficient (Wildman–Crippen LogP) is 7.92. The Kier molecular flexibility index (Phi) is 21.8. The maximum atomic E-state index is 10.8. The van der Waals surface area contributed by atoms with Crippen molar-refractivity contribution in [3.05, 3.63) is 12.7 Å². The molecule has 0 heterocycles. The van der Waals surface area contributed by atoms with Crippen LogP contribution in [0.3, 0.4) is 0 Å². The van der Waals surface area contributed by atoms with Gasteiger partial charge in [0.05, 0.1) is 6.61 Å². The second kappa shape index (κ2) is 22.0. The van der Waals surface area contributed by atoms with Gasteiger partial charge >= 0.3 is 12.7 Å². The van der Waals surface area contributed by atoms with Crippen LogP contribution < -0.4 is 0 Å². The topological polar surface area (TPSA) is 65.0 Å². The molecule has 0 spiro atoms. The van der Waals surface area contributed by atoms with Crippen molar-refractivity contribution >= 4 is 24.5 Å². The van der Waals surface area contributed by atoms with E-state index >= 15 is 0 Å². The van der Waals surface area contributed by atoms with Crippen LogP contribution in [0, 0.1) is 0 Å². The standard InChI is InChI=1S/C23H45O5PS/c1-3-5-6-7-8-9-10-11-12-13-14-15-16-17-18-19-20-21-22-26-29(25,30)28-27-23(24)4-2/h4H,2-3,5-22H2,1H3,(H,25,30). The smallest absolute Gasteiger partial charge is 0.322 e. The summed E-state index contributed by atoms with van der Waals surface area (Å²) in [5, 5.41) is 0. The Morgan fingerprint density at radius 2 is 1.17 bits per heavy atom. The zero-order valence-corrected chi connectivity index (χ0v) is 20.9. The van der Waals surface area contributed by atoms with E-state index in [9.17, 15) is 9.69 Å². The molecule has 5 nitrogen and oxygen atoms in total. The molecule has 1 atom stereocenters. The predicted molar refractivity (Wildman–Crippen MR) is 129 cm³/mol. The van der Waals surface area contributed by atoms with Gasteiger partial charge in [-0.3, -0.25) is 4.89 Å². The maximum Gasteiger partial charge on any atom is 0.365 e. The minimum Gasteiger partial charge on any atom is -0.322 e. The lowest BCUT2D eigenvalue weighted by Gasteiger charge is -2.13. The fourth-order valence-corrected chi connectivity index (χ4v) is 4.21. The van der Waals surface area contributed by atoms with Crippen molar-refractivity contribution in [3.8, 4) is 0 Å². The molecule has 0 aromatic carbocycles. The number of unbranched alkanes of at least 4 members (excludes halogenated alkanes) is 17. The third-order valence-electron chi connectivity index (χ3n) is 5.13. The van der Waals surface area contributed by atoms with Crippen LogP contribution in [0.1, 0.15) is 122 Å². The second-order valence-electron chi connectivity index (χ2n) is 7.99. The molecule has 0 aromatic rings. The average molecular weight is 465 g/mol. The average Bonchev–Trinajstić information content (AvgIpc) is 2.73. The molecule has 0 aliphatic rings. The third-order valence-corrected chi connectivity index (χ3v) is 6.40.